The van der Waals surface area contributed by atoms with Gasteiger partial charge in [0.1, 0.15) is 5.60 Å². The predicted molar refractivity (Wildman–Crippen MR) is 139 cm³/mol. The van der Waals surface area contributed by atoms with Gasteiger partial charge in [0.2, 0.25) is 0 Å². The van der Waals surface area contributed by atoms with Gasteiger partial charge in [-0.3, -0.25) is 0 Å². The van der Waals surface area contributed by atoms with Gasteiger partial charge < -0.3 is 35.1 Å². The van der Waals surface area contributed by atoms with Crippen molar-refractivity contribution in [3.8, 4) is 0 Å². The zero-order valence-corrected chi connectivity index (χ0v) is 20.7. The fourth-order valence-electron chi connectivity index (χ4n) is 3.77. The molecule has 4 rings (SSSR count). The van der Waals surface area contributed by atoms with Crippen molar-refractivity contribution in [2.45, 2.75) is 39.5 Å². The molecule has 0 radical (unpaired) electrons. The fourth-order valence-corrected chi connectivity index (χ4v) is 3.77. The minimum Gasteiger partial charge on any atom is -0.444 e. The maximum Gasteiger partial charge on any atom is 0.410 e. The van der Waals surface area contributed by atoms with Crippen LogP contribution in [0.1, 0.15) is 31.9 Å². The number of aromatic amines is 2. The number of ether oxygens (including phenoxy) is 1. The summed E-state index contributed by atoms with van der Waals surface area (Å²) in [5.41, 5.74) is 3.86. The number of carbonyl (C=O) groups is 1. The summed E-state index contributed by atoms with van der Waals surface area (Å²) in [4.78, 5) is 20.1. The van der Waals surface area contributed by atoms with Crippen molar-refractivity contribution in [3.05, 3.63) is 72.1 Å². The molecule has 0 aliphatic heterocycles. The lowest BCUT2D eigenvalue weighted by atomic mass is 10.1. The third kappa shape index (κ3) is 7.58. The van der Waals surface area contributed by atoms with Crippen molar-refractivity contribution in [3.63, 3.8) is 0 Å². The lowest BCUT2D eigenvalue weighted by molar-refractivity contribution is 0.0202. The fraction of sp³-hybridized carbons (Fsp3) is 0.370. The number of nitrogens with one attached hydrogen (secondary N) is 3. The smallest absolute Gasteiger partial charge is 0.410 e. The molecule has 2 aromatic heterocycles. The first-order valence-electron chi connectivity index (χ1n) is 11.8. The molecule has 0 saturated carbocycles. The summed E-state index contributed by atoms with van der Waals surface area (Å²) in [5, 5.41) is 23.3. The Labute approximate surface area is 205 Å². The van der Waals surface area contributed by atoms with Crippen LogP contribution in [0.4, 0.5) is 4.79 Å². The van der Waals surface area contributed by atoms with Crippen molar-refractivity contribution in [1.29, 1.82) is 0 Å². The highest BCUT2D eigenvalue weighted by molar-refractivity contribution is 5.83. The van der Waals surface area contributed by atoms with Crippen LogP contribution in [0, 0.1) is 0 Å². The molecule has 0 unspecified atom stereocenters. The Bertz CT molecular complexity index is 1210. The molecule has 0 saturated heterocycles. The van der Waals surface area contributed by atoms with Gasteiger partial charge in [0.05, 0.1) is 25.3 Å². The van der Waals surface area contributed by atoms with Gasteiger partial charge in [0.15, 0.2) is 0 Å². The molecule has 188 valence electrons. The van der Waals surface area contributed by atoms with Crippen LogP contribution in [0.2, 0.25) is 0 Å². The van der Waals surface area contributed by atoms with E-state index in [0.29, 0.717) is 13.1 Å². The van der Waals surface area contributed by atoms with Gasteiger partial charge in [0.25, 0.3) is 0 Å². The van der Waals surface area contributed by atoms with Gasteiger partial charge >= 0.3 is 6.09 Å². The van der Waals surface area contributed by atoms with Gasteiger partial charge in [-0.15, -0.1) is 0 Å². The molecule has 0 aliphatic rings. The molecule has 4 aromatic rings. The van der Waals surface area contributed by atoms with Crippen LogP contribution in [-0.4, -0.2) is 63.1 Å². The number of hydrogen-bond donors (Lipinski definition) is 5. The van der Waals surface area contributed by atoms with Crippen molar-refractivity contribution in [2.24, 2.45) is 0 Å². The largest absolute Gasteiger partial charge is 0.444 e. The number of hydrogen-bond acceptors (Lipinski definition) is 5. The van der Waals surface area contributed by atoms with Crippen LogP contribution in [0.25, 0.3) is 21.8 Å². The molecule has 2 heterocycles. The van der Waals surface area contributed by atoms with Gasteiger partial charge in [0, 0.05) is 37.5 Å². The van der Waals surface area contributed by atoms with E-state index in [9.17, 15) is 9.90 Å². The van der Waals surface area contributed by atoms with E-state index in [2.05, 4.69) is 33.5 Å². The molecule has 0 fully saturated rings. The van der Waals surface area contributed by atoms with Crippen molar-refractivity contribution in [2.75, 3.05) is 26.3 Å². The molecule has 2 aromatic carbocycles. The average molecular weight is 481 g/mol. The highest BCUT2D eigenvalue weighted by atomic mass is 16.6. The normalized spacial score (nSPS) is 11.3. The van der Waals surface area contributed by atoms with Crippen LogP contribution < -0.4 is 5.32 Å². The number of fused-ring (bicyclic) bond motifs is 2. The number of benzene rings is 2. The summed E-state index contributed by atoms with van der Waals surface area (Å²) in [6, 6.07) is 16.2. The average Bonchev–Trinajstić information content (AvgIpc) is 3.49. The second-order valence-corrected chi connectivity index (χ2v) is 9.24. The molecule has 0 atom stereocenters. The van der Waals surface area contributed by atoms with Crippen LogP contribution in [0.5, 0.6) is 0 Å². The van der Waals surface area contributed by atoms with E-state index < -0.39 is 11.7 Å². The summed E-state index contributed by atoms with van der Waals surface area (Å²) in [5.74, 6) is 0. The van der Waals surface area contributed by atoms with E-state index in [1.807, 2.05) is 63.5 Å². The quantitative estimate of drug-likeness (QED) is 0.243. The van der Waals surface area contributed by atoms with Crippen molar-refractivity contribution < 1.29 is 19.7 Å². The number of para-hydroxylation sites is 2. The molecular formula is C27H36N4O4. The number of aromatic nitrogens is 2. The molecule has 8 nitrogen and oxygen atoms in total. The molecule has 0 aliphatic carbocycles. The maximum atomic E-state index is 12.2. The van der Waals surface area contributed by atoms with E-state index in [1.54, 1.807) is 0 Å². The van der Waals surface area contributed by atoms with Crippen LogP contribution in [-0.2, 0) is 17.8 Å². The number of nitrogens with zero attached hydrogens (tertiary/aromatic N) is 1. The SMILES string of the molecule is CC(C)(C)OC(=O)N(CCO)Cc1cccc2cc[nH]c12.OCCNCc1cccc2cc[nH]c12. The number of carbonyl (C=O) groups excluding carboxylic acids is 1. The third-order valence-corrected chi connectivity index (χ3v) is 5.33. The number of H-pyrrole nitrogens is 2. The molecule has 35 heavy (non-hydrogen) atoms. The molecule has 8 heteroatoms. The Morgan fingerprint density at radius 3 is 2.09 bits per heavy atom. The monoisotopic (exact) mass is 480 g/mol. The summed E-state index contributed by atoms with van der Waals surface area (Å²) in [6.07, 6.45) is 3.40. The van der Waals surface area contributed by atoms with Crippen LogP contribution >= 0.6 is 0 Å². The van der Waals surface area contributed by atoms with Crippen molar-refractivity contribution in [1.82, 2.24) is 20.2 Å². The molecule has 5 N–H and O–H groups in total. The first kappa shape index (κ1) is 26.3. The van der Waals surface area contributed by atoms with Crippen molar-refractivity contribution >= 4 is 27.9 Å². The van der Waals surface area contributed by atoms with Gasteiger partial charge in [-0.25, -0.2) is 4.79 Å². The summed E-state index contributed by atoms with van der Waals surface area (Å²) < 4.78 is 5.38. The molecule has 0 spiro atoms. The first-order valence-corrected chi connectivity index (χ1v) is 11.8. The van der Waals surface area contributed by atoms with E-state index in [1.165, 1.54) is 21.4 Å². The number of rotatable bonds is 8. The summed E-state index contributed by atoms with van der Waals surface area (Å²) in [6.45, 7) is 7.63. The lowest BCUT2D eigenvalue weighted by Gasteiger charge is -2.27. The minimum absolute atomic E-state index is 0.0973. The molecule has 0 bridgehead atoms. The Morgan fingerprint density at radius 1 is 0.914 bits per heavy atom. The minimum atomic E-state index is -0.552. The second-order valence-electron chi connectivity index (χ2n) is 9.24. The van der Waals surface area contributed by atoms with E-state index in [0.717, 1.165) is 23.0 Å². The highest BCUT2D eigenvalue weighted by Gasteiger charge is 2.22. The van der Waals surface area contributed by atoms with Gasteiger partial charge in [-0.2, -0.15) is 0 Å². The second kappa shape index (κ2) is 12.4. The van der Waals surface area contributed by atoms with E-state index in [-0.39, 0.29) is 19.8 Å². The number of aliphatic hydroxyl groups excluding tert-OH is 2. The van der Waals surface area contributed by atoms with E-state index in [4.69, 9.17) is 9.84 Å². The Hall–Kier alpha value is -3.33. The number of amides is 1. The van der Waals surface area contributed by atoms with Gasteiger partial charge in [-0.05, 0) is 54.8 Å². The number of aliphatic hydroxyl groups is 2. The Morgan fingerprint density at radius 2 is 1.51 bits per heavy atom. The van der Waals surface area contributed by atoms with E-state index >= 15 is 0 Å². The zero-order chi connectivity index (χ0) is 25.3. The Balaban J connectivity index is 0.000000211. The maximum absolute atomic E-state index is 12.2. The summed E-state index contributed by atoms with van der Waals surface area (Å²) in [7, 11) is 0. The standard InChI is InChI=1S/C16H22N2O3.C11H14N2O/c1-16(2,3)21-15(20)18(9-10-19)11-13-6-4-5-12-7-8-17-14(12)13;14-7-6-12-8-10-3-1-2-9-4-5-13-11(9)10/h4-8,17,19H,9-11H2,1-3H3;1-5,12-14H,6-8H2. The topological polar surface area (TPSA) is 114 Å². The highest BCUT2D eigenvalue weighted by Crippen LogP contribution is 2.20. The predicted octanol–water partition coefficient (Wildman–Crippen LogP) is 4.15. The summed E-state index contributed by atoms with van der Waals surface area (Å²) >= 11 is 0. The Kier molecular flexibility index (Phi) is 9.31. The molecular weight excluding hydrogens is 444 g/mol. The molecule has 1 amide bonds. The third-order valence-electron chi connectivity index (χ3n) is 5.33. The van der Waals surface area contributed by atoms with Crippen LogP contribution in [0.15, 0.2) is 60.9 Å². The lowest BCUT2D eigenvalue weighted by Crippen LogP contribution is -2.38. The van der Waals surface area contributed by atoms with Crippen LogP contribution in [0.3, 0.4) is 0 Å². The zero-order valence-electron chi connectivity index (χ0n) is 20.7. The first-order chi connectivity index (χ1) is 16.8. The van der Waals surface area contributed by atoms with Gasteiger partial charge in [-0.1, -0.05) is 36.4 Å².